The number of nitrogens with zero attached hydrogens (tertiary/aromatic N) is 1. The average molecular weight is 489 g/mol. The first-order valence-electron chi connectivity index (χ1n) is 8.05. The van der Waals surface area contributed by atoms with Gasteiger partial charge in [-0.05, 0) is 68.5 Å². The van der Waals surface area contributed by atoms with Crippen LogP contribution >= 0.6 is 43.2 Å². The Labute approximate surface area is 168 Å². The van der Waals surface area contributed by atoms with Crippen LogP contribution in [-0.2, 0) is 11.3 Å². The molecule has 25 heavy (non-hydrogen) atoms. The molecule has 1 aromatic carbocycles. The van der Waals surface area contributed by atoms with Gasteiger partial charge < -0.3 is 14.4 Å². The maximum absolute atomic E-state index is 13.1. The van der Waals surface area contributed by atoms with E-state index >= 15 is 0 Å². The third kappa shape index (κ3) is 4.84. The molecular weight excluding hydrogens is 470 g/mol. The third-order valence-corrected chi connectivity index (χ3v) is 7.34. The van der Waals surface area contributed by atoms with Crippen LogP contribution < -0.4 is 4.74 Å². The van der Waals surface area contributed by atoms with Crippen molar-refractivity contribution < 1.29 is 14.3 Å². The topological polar surface area (TPSA) is 38.8 Å². The highest BCUT2D eigenvalue weighted by Gasteiger charge is 2.25. The predicted octanol–water partition coefficient (Wildman–Crippen LogP) is 5.10. The Balaban J connectivity index is 1.81. The van der Waals surface area contributed by atoms with Gasteiger partial charge in [0.05, 0.1) is 21.9 Å². The number of amides is 1. The Morgan fingerprint density at radius 2 is 2.24 bits per heavy atom. The predicted molar refractivity (Wildman–Crippen MR) is 106 cm³/mol. The molecule has 0 radical (unpaired) electrons. The van der Waals surface area contributed by atoms with Crippen molar-refractivity contribution in [2.24, 2.45) is 0 Å². The van der Waals surface area contributed by atoms with E-state index in [2.05, 4.69) is 31.9 Å². The molecular formula is C18H19Br2NO3S. The summed E-state index contributed by atoms with van der Waals surface area (Å²) in [6.45, 7) is 1.91. The van der Waals surface area contributed by atoms with Gasteiger partial charge in [-0.15, -0.1) is 11.3 Å². The van der Waals surface area contributed by atoms with E-state index in [4.69, 9.17) is 9.47 Å². The summed E-state index contributed by atoms with van der Waals surface area (Å²) in [5.74, 6) is 0.818. The second kappa shape index (κ2) is 8.66. The number of halogens is 2. The number of benzene rings is 1. The smallest absolute Gasteiger partial charge is 0.264 e. The van der Waals surface area contributed by atoms with Crippen molar-refractivity contribution in [2.45, 2.75) is 25.5 Å². The number of rotatable bonds is 6. The first-order chi connectivity index (χ1) is 12.1. The molecule has 1 fully saturated rings. The van der Waals surface area contributed by atoms with Crippen LogP contribution in [0.3, 0.4) is 0 Å². The van der Waals surface area contributed by atoms with Crippen molar-refractivity contribution in [1.29, 1.82) is 0 Å². The van der Waals surface area contributed by atoms with Crippen LogP contribution in [0.15, 0.2) is 38.6 Å². The third-order valence-electron chi connectivity index (χ3n) is 4.10. The molecule has 1 aliphatic heterocycles. The van der Waals surface area contributed by atoms with E-state index in [-0.39, 0.29) is 12.0 Å². The van der Waals surface area contributed by atoms with Crippen molar-refractivity contribution in [3.05, 3.63) is 49.0 Å². The van der Waals surface area contributed by atoms with Crippen LogP contribution in [0.5, 0.6) is 5.75 Å². The second-order valence-corrected chi connectivity index (χ2v) is 9.13. The van der Waals surface area contributed by atoms with E-state index in [9.17, 15) is 4.79 Å². The molecule has 1 aromatic heterocycles. The maximum Gasteiger partial charge on any atom is 0.264 e. The SMILES string of the molecule is COc1cccc(CN(CC2CCCO2)C(=O)c2cc(Br)c(Br)s2)c1. The number of carbonyl (C=O) groups excluding carboxylic acids is 1. The van der Waals surface area contributed by atoms with Gasteiger partial charge in [0.2, 0.25) is 0 Å². The summed E-state index contributed by atoms with van der Waals surface area (Å²) >= 11 is 8.37. The number of thiophene rings is 1. The normalized spacial score (nSPS) is 16.8. The quantitative estimate of drug-likeness (QED) is 0.567. The van der Waals surface area contributed by atoms with E-state index < -0.39 is 0 Å². The highest BCUT2D eigenvalue weighted by atomic mass is 79.9. The zero-order valence-electron chi connectivity index (χ0n) is 13.8. The van der Waals surface area contributed by atoms with Crippen LogP contribution in [0, 0.1) is 0 Å². The lowest BCUT2D eigenvalue weighted by Gasteiger charge is -2.25. The number of hydrogen-bond donors (Lipinski definition) is 0. The van der Waals surface area contributed by atoms with Crippen LogP contribution in [0.4, 0.5) is 0 Å². The van der Waals surface area contributed by atoms with Crippen molar-refractivity contribution in [3.63, 3.8) is 0 Å². The summed E-state index contributed by atoms with van der Waals surface area (Å²) in [4.78, 5) is 15.6. The summed E-state index contributed by atoms with van der Waals surface area (Å²) in [7, 11) is 1.65. The van der Waals surface area contributed by atoms with Gasteiger partial charge in [0, 0.05) is 24.2 Å². The maximum atomic E-state index is 13.1. The van der Waals surface area contributed by atoms with Gasteiger partial charge in [-0.1, -0.05) is 12.1 Å². The zero-order valence-corrected chi connectivity index (χ0v) is 17.8. The van der Waals surface area contributed by atoms with Crippen LogP contribution in [0.2, 0.25) is 0 Å². The minimum atomic E-state index is 0.0229. The first kappa shape index (κ1) is 18.9. The Bertz CT molecular complexity index is 724. The standard InChI is InChI=1S/C18H19Br2NO3S/c1-23-13-5-2-4-12(8-13)10-21(11-14-6-3-7-24-14)18(22)16-9-15(19)17(20)25-16/h2,4-5,8-9,14H,3,6-7,10-11H2,1H3. The molecule has 0 saturated carbocycles. The summed E-state index contributed by atoms with van der Waals surface area (Å²) in [6.07, 6.45) is 2.17. The summed E-state index contributed by atoms with van der Waals surface area (Å²) in [5.41, 5.74) is 1.04. The molecule has 1 amide bonds. The van der Waals surface area contributed by atoms with Crippen molar-refractivity contribution >= 4 is 49.1 Å². The second-order valence-electron chi connectivity index (χ2n) is 5.90. The molecule has 1 saturated heterocycles. The van der Waals surface area contributed by atoms with E-state index in [1.54, 1.807) is 7.11 Å². The molecule has 0 spiro atoms. The number of methoxy groups -OCH3 is 1. The van der Waals surface area contributed by atoms with E-state index in [0.717, 1.165) is 39.0 Å². The molecule has 1 aliphatic rings. The Morgan fingerprint density at radius 1 is 1.40 bits per heavy atom. The average Bonchev–Trinajstić information content (AvgIpc) is 3.24. The molecule has 0 bridgehead atoms. The summed E-state index contributed by atoms with van der Waals surface area (Å²) in [5, 5.41) is 0. The monoisotopic (exact) mass is 487 g/mol. The number of ether oxygens (including phenoxy) is 2. The van der Waals surface area contributed by atoms with Crippen LogP contribution in [0.25, 0.3) is 0 Å². The van der Waals surface area contributed by atoms with E-state index in [1.807, 2.05) is 35.2 Å². The van der Waals surface area contributed by atoms with Gasteiger partial charge in [-0.25, -0.2) is 0 Å². The van der Waals surface area contributed by atoms with E-state index in [1.165, 1.54) is 11.3 Å². The summed E-state index contributed by atoms with van der Waals surface area (Å²) in [6, 6.07) is 9.70. The lowest BCUT2D eigenvalue weighted by molar-refractivity contribution is 0.0511. The molecule has 2 aromatic rings. The molecule has 1 unspecified atom stereocenters. The van der Waals surface area contributed by atoms with Gasteiger partial charge in [0.15, 0.2) is 0 Å². The Kier molecular flexibility index (Phi) is 6.55. The zero-order chi connectivity index (χ0) is 17.8. The van der Waals surface area contributed by atoms with Gasteiger partial charge >= 0.3 is 0 Å². The van der Waals surface area contributed by atoms with Crippen LogP contribution in [-0.4, -0.2) is 37.2 Å². The Hall–Kier alpha value is -0.890. The first-order valence-corrected chi connectivity index (χ1v) is 10.5. The Morgan fingerprint density at radius 3 is 2.88 bits per heavy atom. The number of hydrogen-bond acceptors (Lipinski definition) is 4. The van der Waals surface area contributed by atoms with Crippen LogP contribution in [0.1, 0.15) is 28.1 Å². The molecule has 2 heterocycles. The molecule has 0 N–H and O–H groups in total. The van der Waals surface area contributed by atoms with Crippen molar-refractivity contribution in [1.82, 2.24) is 4.90 Å². The highest BCUT2D eigenvalue weighted by Crippen LogP contribution is 2.33. The molecule has 0 aliphatic carbocycles. The van der Waals surface area contributed by atoms with E-state index in [0.29, 0.717) is 18.0 Å². The molecule has 1 atom stereocenters. The van der Waals surface area contributed by atoms with Crippen molar-refractivity contribution in [2.75, 3.05) is 20.3 Å². The fourth-order valence-corrected chi connectivity index (χ4v) is 4.86. The fraction of sp³-hybridized carbons (Fsp3) is 0.389. The molecule has 134 valence electrons. The lowest BCUT2D eigenvalue weighted by Crippen LogP contribution is -2.36. The van der Waals surface area contributed by atoms with Gasteiger partial charge in [-0.3, -0.25) is 4.79 Å². The molecule has 3 rings (SSSR count). The molecule has 4 nitrogen and oxygen atoms in total. The minimum absolute atomic E-state index is 0.0229. The van der Waals surface area contributed by atoms with Gasteiger partial charge in [0.1, 0.15) is 5.75 Å². The fourth-order valence-electron chi connectivity index (χ4n) is 2.85. The van der Waals surface area contributed by atoms with Gasteiger partial charge in [-0.2, -0.15) is 0 Å². The minimum Gasteiger partial charge on any atom is -0.497 e. The largest absolute Gasteiger partial charge is 0.497 e. The highest BCUT2D eigenvalue weighted by molar-refractivity contribution is 9.13. The molecule has 7 heteroatoms. The number of carbonyl (C=O) groups is 1. The lowest BCUT2D eigenvalue weighted by atomic mass is 10.1. The summed E-state index contributed by atoms with van der Waals surface area (Å²) < 4.78 is 12.9. The van der Waals surface area contributed by atoms with Crippen molar-refractivity contribution in [3.8, 4) is 5.75 Å². The van der Waals surface area contributed by atoms with Gasteiger partial charge in [0.25, 0.3) is 5.91 Å².